The Morgan fingerprint density at radius 1 is 1.29 bits per heavy atom. The van der Waals surface area contributed by atoms with Gasteiger partial charge in [-0.25, -0.2) is 4.98 Å². The molecule has 2 atom stereocenters. The van der Waals surface area contributed by atoms with Gasteiger partial charge in [0.25, 0.3) is 5.91 Å². The van der Waals surface area contributed by atoms with E-state index in [0.29, 0.717) is 30.2 Å². The number of aliphatic hydroxyl groups excluding tert-OH is 1. The summed E-state index contributed by atoms with van der Waals surface area (Å²) in [7, 11) is 0. The van der Waals surface area contributed by atoms with Gasteiger partial charge in [0, 0.05) is 31.9 Å². The fourth-order valence-electron chi connectivity index (χ4n) is 3.00. The van der Waals surface area contributed by atoms with E-state index < -0.39 is 0 Å². The number of carbonyl (C=O) groups excluding carboxylic acids is 1. The van der Waals surface area contributed by atoms with Crippen molar-refractivity contribution in [1.29, 1.82) is 0 Å². The third kappa shape index (κ3) is 4.32. The van der Waals surface area contributed by atoms with E-state index in [2.05, 4.69) is 27.3 Å². The number of pyridine rings is 1. The van der Waals surface area contributed by atoms with E-state index in [9.17, 15) is 9.90 Å². The lowest BCUT2D eigenvalue weighted by molar-refractivity contribution is 0.0939. The highest BCUT2D eigenvalue weighted by atomic mass is 35.5. The Morgan fingerprint density at radius 3 is 2.79 bits per heavy atom. The number of hydrogen-bond acceptors (Lipinski definition) is 4. The predicted octanol–water partition coefficient (Wildman–Crippen LogP) is 2.10. The summed E-state index contributed by atoms with van der Waals surface area (Å²) in [6.45, 7) is 1.88. The molecule has 1 saturated heterocycles. The number of benzene rings is 1. The number of amides is 1. The van der Waals surface area contributed by atoms with Crippen LogP contribution in [0.5, 0.6) is 0 Å². The second kappa shape index (κ2) is 7.75. The summed E-state index contributed by atoms with van der Waals surface area (Å²) in [6.07, 6.45) is 1.77. The number of β-amino-alcohol motifs (C(OH)–C–C–N with tert-alkyl or cyclic N) is 1. The van der Waals surface area contributed by atoms with Crippen LogP contribution in [0.15, 0.2) is 48.7 Å². The maximum Gasteiger partial charge on any atom is 0.252 e. The van der Waals surface area contributed by atoms with Crippen LogP contribution in [0.2, 0.25) is 5.15 Å². The predicted molar refractivity (Wildman–Crippen MR) is 92.8 cm³/mol. The van der Waals surface area contributed by atoms with Crippen LogP contribution in [0.4, 0.5) is 0 Å². The van der Waals surface area contributed by atoms with Crippen molar-refractivity contribution in [2.45, 2.75) is 25.1 Å². The first-order valence-corrected chi connectivity index (χ1v) is 8.35. The minimum absolute atomic E-state index is 0.115. The average Bonchev–Trinajstić information content (AvgIpc) is 2.93. The fraction of sp³-hybridized carbons (Fsp3) is 0.333. The molecule has 1 amide bonds. The SMILES string of the molecule is O=C(NCC1CC(O)CN1Cc1ccccc1)c1ccc(Cl)nc1. The van der Waals surface area contributed by atoms with Crippen molar-refractivity contribution in [3.63, 3.8) is 0 Å². The second-order valence-electron chi connectivity index (χ2n) is 6.04. The lowest BCUT2D eigenvalue weighted by Gasteiger charge is -2.24. The lowest BCUT2D eigenvalue weighted by atomic mass is 10.1. The zero-order chi connectivity index (χ0) is 16.9. The first-order chi connectivity index (χ1) is 11.6. The standard InChI is InChI=1S/C18H20ClN3O2/c19-17-7-6-14(9-20-17)18(24)21-10-15-8-16(23)12-22(15)11-13-4-2-1-3-5-13/h1-7,9,15-16,23H,8,10-12H2,(H,21,24). The molecule has 3 rings (SSSR count). The van der Waals surface area contributed by atoms with Crippen LogP contribution in [0, 0.1) is 0 Å². The number of aliphatic hydroxyl groups is 1. The van der Waals surface area contributed by atoms with Crippen LogP contribution in [0.25, 0.3) is 0 Å². The van der Waals surface area contributed by atoms with E-state index in [0.717, 1.165) is 6.54 Å². The van der Waals surface area contributed by atoms with Crippen molar-refractivity contribution in [3.05, 3.63) is 64.9 Å². The maximum absolute atomic E-state index is 12.2. The van der Waals surface area contributed by atoms with Crippen LogP contribution in [-0.2, 0) is 6.54 Å². The third-order valence-electron chi connectivity index (χ3n) is 4.22. The van der Waals surface area contributed by atoms with Gasteiger partial charge in [-0.15, -0.1) is 0 Å². The highest BCUT2D eigenvalue weighted by molar-refractivity contribution is 6.29. The van der Waals surface area contributed by atoms with Crippen LogP contribution in [0.1, 0.15) is 22.3 Å². The highest BCUT2D eigenvalue weighted by Crippen LogP contribution is 2.20. The van der Waals surface area contributed by atoms with Gasteiger partial charge in [0.1, 0.15) is 5.15 Å². The molecule has 1 aromatic carbocycles. The molecule has 2 aromatic rings. The Hall–Kier alpha value is -1.95. The summed E-state index contributed by atoms with van der Waals surface area (Å²) < 4.78 is 0. The van der Waals surface area contributed by atoms with Crippen molar-refractivity contribution < 1.29 is 9.90 Å². The van der Waals surface area contributed by atoms with Crippen molar-refractivity contribution in [3.8, 4) is 0 Å². The molecule has 1 aliphatic heterocycles. The Labute approximate surface area is 146 Å². The molecule has 1 aliphatic rings. The van der Waals surface area contributed by atoms with Gasteiger partial charge in [-0.3, -0.25) is 9.69 Å². The molecule has 2 heterocycles. The molecule has 0 saturated carbocycles. The third-order valence-corrected chi connectivity index (χ3v) is 4.45. The molecule has 126 valence electrons. The summed E-state index contributed by atoms with van der Waals surface area (Å²) in [6, 6.07) is 13.5. The maximum atomic E-state index is 12.2. The fourth-order valence-corrected chi connectivity index (χ4v) is 3.12. The molecule has 0 spiro atoms. The van der Waals surface area contributed by atoms with E-state index >= 15 is 0 Å². The van der Waals surface area contributed by atoms with Gasteiger partial charge in [0.2, 0.25) is 0 Å². The number of carbonyl (C=O) groups is 1. The zero-order valence-electron chi connectivity index (χ0n) is 13.2. The van der Waals surface area contributed by atoms with Crippen LogP contribution < -0.4 is 5.32 Å². The summed E-state index contributed by atoms with van der Waals surface area (Å²) in [5.41, 5.74) is 1.68. The van der Waals surface area contributed by atoms with E-state index in [1.54, 1.807) is 12.1 Å². The molecule has 2 unspecified atom stereocenters. The van der Waals surface area contributed by atoms with Crippen molar-refractivity contribution in [2.75, 3.05) is 13.1 Å². The number of nitrogens with one attached hydrogen (secondary N) is 1. The van der Waals surface area contributed by atoms with Crippen LogP contribution >= 0.6 is 11.6 Å². The summed E-state index contributed by atoms with van der Waals surface area (Å²) in [5, 5.41) is 13.3. The number of likely N-dealkylation sites (tertiary alicyclic amines) is 1. The number of halogens is 1. The first kappa shape index (κ1) is 16.9. The van der Waals surface area contributed by atoms with Gasteiger partial charge < -0.3 is 10.4 Å². The summed E-state index contributed by atoms with van der Waals surface area (Å²) in [4.78, 5) is 18.3. The van der Waals surface area contributed by atoms with Gasteiger partial charge in [0.05, 0.1) is 11.7 Å². The van der Waals surface area contributed by atoms with Gasteiger partial charge >= 0.3 is 0 Å². The topological polar surface area (TPSA) is 65.5 Å². The Bertz CT molecular complexity index is 678. The lowest BCUT2D eigenvalue weighted by Crippen LogP contribution is -2.39. The Morgan fingerprint density at radius 2 is 2.08 bits per heavy atom. The van der Waals surface area contributed by atoms with Gasteiger partial charge in [0.15, 0.2) is 0 Å². The molecule has 5 nitrogen and oxygen atoms in total. The normalized spacial score (nSPS) is 20.9. The molecule has 1 fully saturated rings. The van der Waals surface area contributed by atoms with E-state index in [1.807, 2.05) is 18.2 Å². The number of rotatable bonds is 5. The van der Waals surface area contributed by atoms with E-state index in [-0.39, 0.29) is 18.1 Å². The highest BCUT2D eigenvalue weighted by Gasteiger charge is 2.31. The van der Waals surface area contributed by atoms with Crippen molar-refractivity contribution in [1.82, 2.24) is 15.2 Å². The molecule has 0 radical (unpaired) electrons. The molecular formula is C18H20ClN3O2. The molecule has 0 aliphatic carbocycles. The smallest absolute Gasteiger partial charge is 0.252 e. The average molecular weight is 346 g/mol. The zero-order valence-corrected chi connectivity index (χ0v) is 14.0. The molecule has 0 bridgehead atoms. The van der Waals surface area contributed by atoms with Crippen LogP contribution in [0.3, 0.4) is 0 Å². The van der Waals surface area contributed by atoms with Crippen molar-refractivity contribution in [2.24, 2.45) is 0 Å². The van der Waals surface area contributed by atoms with Crippen molar-refractivity contribution >= 4 is 17.5 Å². The summed E-state index contributed by atoms with van der Waals surface area (Å²) >= 11 is 5.73. The van der Waals surface area contributed by atoms with Crippen LogP contribution in [-0.4, -0.2) is 46.1 Å². The van der Waals surface area contributed by atoms with E-state index in [4.69, 9.17) is 11.6 Å². The first-order valence-electron chi connectivity index (χ1n) is 7.97. The number of nitrogens with zero attached hydrogens (tertiary/aromatic N) is 2. The number of hydrogen-bond donors (Lipinski definition) is 2. The second-order valence-corrected chi connectivity index (χ2v) is 6.43. The van der Waals surface area contributed by atoms with E-state index in [1.165, 1.54) is 11.8 Å². The van der Waals surface area contributed by atoms with Gasteiger partial charge in [-0.2, -0.15) is 0 Å². The summed E-state index contributed by atoms with van der Waals surface area (Å²) in [5.74, 6) is -0.180. The molecule has 24 heavy (non-hydrogen) atoms. The molecule has 2 N–H and O–H groups in total. The quantitative estimate of drug-likeness (QED) is 0.814. The molecule has 1 aromatic heterocycles. The molecule has 6 heteroatoms. The van der Waals surface area contributed by atoms with Gasteiger partial charge in [-0.05, 0) is 24.1 Å². The largest absolute Gasteiger partial charge is 0.392 e. The Balaban J connectivity index is 1.58. The minimum Gasteiger partial charge on any atom is -0.392 e. The number of aromatic nitrogens is 1. The van der Waals surface area contributed by atoms with Gasteiger partial charge in [-0.1, -0.05) is 41.9 Å². The monoisotopic (exact) mass is 345 g/mol. The minimum atomic E-state index is -0.354. The molecular weight excluding hydrogens is 326 g/mol. The Kier molecular flexibility index (Phi) is 5.45.